The van der Waals surface area contributed by atoms with Crippen LogP contribution in [0, 0.1) is 0 Å². The highest BCUT2D eigenvalue weighted by molar-refractivity contribution is 6.33. The average Bonchev–Trinajstić information content (AvgIpc) is 2.40. The molecule has 0 atom stereocenters. The second-order valence-corrected chi connectivity index (χ2v) is 4.34. The second kappa shape index (κ2) is 5.76. The molecule has 0 amide bonds. The van der Waals surface area contributed by atoms with Crippen molar-refractivity contribution in [1.29, 1.82) is 0 Å². The summed E-state index contributed by atoms with van der Waals surface area (Å²) in [5, 5.41) is 10.3. The molecule has 0 fully saturated rings. The van der Waals surface area contributed by atoms with E-state index in [1.165, 1.54) is 6.07 Å². The molecule has 1 N–H and O–H groups in total. The van der Waals surface area contributed by atoms with Crippen molar-refractivity contribution in [3.63, 3.8) is 0 Å². The highest BCUT2D eigenvalue weighted by Crippen LogP contribution is 2.31. The van der Waals surface area contributed by atoms with Gasteiger partial charge >= 0.3 is 5.97 Å². The zero-order chi connectivity index (χ0) is 13.8. The minimum absolute atomic E-state index is 0.103. The molecule has 3 nitrogen and oxygen atoms in total. The molecular formula is C15H13ClO3. The summed E-state index contributed by atoms with van der Waals surface area (Å²) in [6.45, 7) is 1.97. The summed E-state index contributed by atoms with van der Waals surface area (Å²) in [5.74, 6) is -0.650. The summed E-state index contributed by atoms with van der Waals surface area (Å²) in [6, 6.07) is 12.1. The predicted octanol–water partition coefficient (Wildman–Crippen LogP) is 3.89. The number of carbonyl (C=O) groups excluding carboxylic acids is 1. The Balaban J connectivity index is 2.47. The van der Waals surface area contributed by atoms with Gasteiger partial charge in [0.15, 0.2) is 0 Å². The molecule has 0 bridgehead atoms. The molecule has 19 heavy (non-hydrogen) atoms. The molecule has 98 valence electrons. The number of carbonyl (C=O) groups is 1. The second-order valence-electron chi connectivity index (χ2n) is 3.93. The van der Waals surface area contributed by atoms with Gasteiger partial charge in [0, 0.05) is 10.6 Å². The number of rotatable bonds is 3. The molecule has 0 aromatic heterocycles. The highest BCUT2D eigenvalue weighted by atomic mass is 35.5. The molecule has 0 saturated heterocycles. The lowest BCUT2D eigenvalue weighted by atomic mass is 10.0. The maximum Gasteiger partial charge on any atom is 0.341 e. The largest absolute Gasteiger partial charge is 0.507 e. The van der Waals surface area contributed by atoms with Crippen LogP contribution in [-0.4, -0.2) is 17.7 Å². The molecule has 2 aromatic carbocycles. The molecule has 0 unspecified atom stereocenters. The van der Waals surface area contributed by atoms with E-state index >= 15 is 0 Å². The number of hydrogen-bond acceptors (Lipinski definition) is 3. The van der Waals surface area contributed by atoms with Gasteiger partial charge in [-0.3, -0.25) is 0 Å². The number of phenols is 1. The summed E-state index contributed by atoms with van der Waals surface area (Å²) in [5.41, 5.74) is 1.69. The smallest absolute Gasteiger partial charge is 0.341 e. The fourth-order valence-electron chi connectivity index (χ4n) is 1.77. The van der Waals surface area contributed by atoms with Crippen LogP contribution in [0.2, 0.25) is 5.02 Å². The van der Waals surface area contributed by atoms with E-state index in [0.717, 1.165) is 11.1 Å². The van der Waals surface area contributed by atoms with Crippen LogP contribution in [0.1, 0.15) is 17.3 Å². The number of halogens is 1. The van der Waals surface area contributed by atoms with Crippen molar-refractivity contribution in [2.24, 2.45) is 0 Å². The number of phenolic OH excluding ortho intramolecular Hbond substituents is 1. The van der Waals surface area contributed by atoms with Gasteiger partial charge in [-0.05, 0) is 30.7 Å². The first-order chi connectivity index (χ1) is 9.13. The third-order valence-corrected chi connectivity index (χ3v) is 3.01. The Bertz CT molecular complexity index is 608. The number of benzene rings is 2. The fraction of sp³-hybridized carbons (Fsp3) is 0.133. The van der Waals surface area contributed by atoms with Crippen molar-refractivity contribution < 1.29 is 14.6 Å². The van der Waals surface area contributed by atoms with Gasteiger partial charge in [-0.25, -0.2) is 4.79 Å². The van der Waals surface area contributed by atoms with Crippen LogP contribution in [0.15, 0.2) is 42.5 Å². The van der Waals surface area contributed by atoms with E-state index in [2.05, 4.69) is 0 Å². The zero-order valence-electron chi connectivity index (χ0n) is 10.4. The summed E-state index contributed by atoms with van der Waals surface area (Å²) >= 11 is 6.11. The number of hydrogen-bond donors (Lipinski definition) is 1. The molecule has 0 aliphatic rings. The first-order valence-electron chi connectivity index (χ1n) is 5.88. The van der Waals surface area contributed by atoms with Gasteiger partial charge in [0.05, 0.1) is 6.61 Å². The lowest BCUT2D eigenvalue weighted by Gasteiger charge is -2.08. The topological polar surface area (TPSA) is 46.5 Å². The van der Waals surface area contributed by atoms with E-state index < -0.39 is 5.97 Å². The van der Waals surface area contributed by atoms with Gasteiger partial charge in [-0.2, -0.15) is 0 Å². The maximum atomic E-state index is 11.7. The molecule has 0 aliphatic heterocycles. The van der Waals surface area contributed by atoms with Crippen LogP contribution < -0.4 is 0 Å². The van der Waals surface area contributed by atoms with Gasteiger partial charge < -0.3 is 9.84 Å². The number of esters is 1. The van der Waals surface area contributed by atoms with Crippen molar-refractivity contribution in [3.05, 3.63) is 53.1 Å². The summed E-state index contributed by atoms with van der Waals surface area (Å²) in [6.07, 6.45) is 0. The van der Waals surface area contributed by atoms with E-state index in [0.29, 0.717) is 5.02 Å². The molecular weight excluding hydrogens is 264 g/mol. The Morgan fingerprint density at radius 3 is 2.68 bits per heavy atom. The van der Waals surface area contributed by atoms with Gasteiger partial charge in [-0.1, -0.05) is 35.9 Å². The maximum absolute atomic E-state index is 11.7. The van der Waals surface area contributed by atoms with Crippen molar-refractivity contribution in [3.8, 4) is 16.9 Å². The lowest BCUT2D eigenvalue weighted by molar-refractivity contribution is 0.0523. The number of ether oxygens (including phenoxy) is 1. The van der Waals surface area contributed by atoms with Crippen LogP contribution in [0.3, 0.4) is 0 Å². The molecule has 0 heterocycles. The first kappa shape index (κ1) is 13.4. The van der Waals surface area contributed by atoms with Crippen LogP contribution in [0.25, 0.3) is 11.1 Å². The van der Waals surface area contributed by atoms with Crippen molar-refractivity contribution in [2.45, 2.75) is 6.92 Å². The van der Waals surface area contributed by atoms with Gasteiger partial charge in [-0.15, -0.1) is 0 Å². The molecule has 0 radical (unpaired) electrons. The Morgan fingerprint density at radius 1 is 1.26 bits per heavy atom. The summed E-state index contributed by atoms with van der Waals surface area (Å²) < 4.78 is 4.90. The SMILES string of the molecule is CCOC(=O)c1cc(-c2ccccc2Cl)ccc1O. The monoisotopic (exact) mass is 276 g/mol. The van der Waals surface area contributed by atoms with E-state index in [9.17, 15) is 9.90 Å². The first-order valence-corrected chi connectivity index (χ1v) is 6.26. The van der Waals surface area contributed by atoms with Crippen molar-refractivity contribution in [1.82, 2.24) is 0 Å². The van der Waals surface area contributed by atoms with Crippen molar-refractivity contribution in [2.75, 3.05) is 6.61 Å². The van der Waals surface area contributed by atoms with Gasteiger partial charge in [0.25, 0.3) is 0 Å². The third-order valence-electron chi connectivity index (χ3n) is 2.68. The fourth-order valence-corrected chi connectivity index (χ4v) is 2.02. The average molecular weight is 277 g/mol. The molecule has 0 saturated carbocycles. The molecule has 0 spiro atoms. The molecule has 0 aliphatic carbocycles. The Labute approximate surface area is 116 Å². The van der Waals surface area contributed by atoms with E-state index in [1.54, 1.807) is 25.1 Å². The predicted molar refractivity (Wildman–Crippen MR) is 74.5 cm³/mol. The Kier molecular flexibility index (Phi) is 4.07. The Morgan fingerprint density at radius 2 is 2.00 bits per heavy atom. The van der Waals surface area contributed by atoms with Crippen LogP contribution in [0.5, 0.6) is 5.75 Å². The van der Waals surface area contributed by atoms with Gasteiger partial charge in [0.1, 0.15) is 11.3 Å². The van der Waals surface area contributed by atoms with E-state index in [4.69, 9.17) is 16.3 Å². The summed E-state index contributed by atoms with van der Waals surface area (Å²) in [7, 11) is 0. The molecule has 2 rings (SSSR count). The van der Waals surface area contributed by atoms with Gasteiger partial charge in [0.2, 0.25) is 0 Å². The highest BCUT2D eigenvalue weighted by Gasteiger charge is 2.14. The minimum atomic E-state index is -0.547. The minimum Gasteiger partial charge on any atom is -0.507 e. The Hall–Kier alpha value is -2.00. The standard InChI is InChI=1S/C15H13ClO3/c1-2-19-15(18)12-9-10(7-8-14(12)17)11-5-3-4-6-13(11)16/h3-9,17H,2H2,1H3. The van der Waals surface area contributed by atoms with Crippen LogP contribution in [-0.2, 0) is 4.74 Å². The van der Waals surface area contributed by atoms with E-state index in [-0.39, 0.29) is 17.9 Å². The zero-order valence-corrected chi connectivity index (χ0v) is 11.1. The number of aromatic hydroxyl groups is 1. The van der Waals surface area contributed by atoms with Crippen LogP contribution >= 0.6 is 11.6 Å². The normalized spacial score (nSPS) is 10.2. The lowest BCUT2D eigenvalue weighted by Crippen LogP contribution is -2.05. The van der Waals surface area contributed by atoms with Crippen LogP contribution in [0.4, 0.5) is 0 Å². The van der Waals surface area contributed by atoms with Crippen molar-refractivity contribution >= 4 is 17.6 Å². The summed E-state index contributed by atoms with van der Waals surface area (Å²) in [4.78, 5) is 11.7. The quantitative estimate of drug-likeness (QED) is 0.865. The van der Waals surface area contributed by atoms with E-state index in [1.807, 2.05) is 18.2 Å². The third kappa shape index (κ3) is 2.88. The molecule has 4 heteroatoms. The molecule has 2 aromatic rings.